The number of nitrogens with two attached hydrogens (primary N) is 2. The van der Waals surface area contributed by atoms with Crippen molar-refractivity contribution in [3.63, 3.8) is 0 Å². The van der Waals surface area contributed by atoms with Gasteiger partial charge in [0.25, 0.3) is 5.97 Å². The molecule has 0 aliphatic carbocycles. The number of ether oxygens (including phenoxy) is 5. The smallest absolute Gasteiger partial charge is 0.300 e. The minimum absolute atomic E-state index is 0. The second-order valence-electron chi connectivity index (χ2n) is 17.1. The van der Waals surface area contributed by atoms with E-state index in [1.165, 1.54) is 24.1 Å². The van der Waals surface area contributed by atoms with Crippen molar-refractivity contribution >= 4 is 28.6 Å². The van der Waals surface area contributed by atoms with Gasteiger partial charge in [-0.2, -0.15) is 10.2 Å². The highest BCUT2D eigenvalue weighted by Crippen LogP contribution is 2.52. The van der Waals surface area contributed by atoms with Gasteiger partial charge in [-0.3, -0.25) is 4.79 Å². The fourth-order valence-electron chi connectivity index (χ4n) is 8.68. The van der Waals surface area contributed by atoms with Crippen LogP contribution in [0.5, 0.6) is 0 Å². The lowest BCUT2D eigenvalue weighted by Gasteiger charge is -2.41. The number of benzene rings is 3. The quantitative estimate of drug-likeness (QED) is 0.0839. The highest BCUT2D eigenvalue weighted by molar-refractivity contribution is 5.66. The highest BCUT2D eigenvalue weighted by atomic mass is 16.6. The molecule has 8 atom stereocenters. The number of hydrogen-bond acceptors (Lipinski definition) is 15. The molecule has 2 fully saturated rings. The Morgan fingerprint density at radius 3 is 1.60 bits per heavy atom. The topological polar surface area (TPSA) is 257 Å². The SMILES string of the molecule is C.CC(=O)O.C[C@@]1(c2ccc3c(N)ncnn23)O[C@H](CO)[C@@H](O)[C@@]1(C)O.C[C@@]1(c2ccc3c(N)ncnn23)O[C@H](COCc2ccccc2)[C@@H](OCc2ccccc2)[C@@]1(C)OCc1ccccc1. The summed E-state index contributed by atoms with van der Waals surface area (Å²) in [6.45, 7) is 9.45. The van der Waals surface area contributed by atoms with Gasteiger partial charge in [0.2, 0.25) is 0 Å². The summed E-state index contributed by atoms with van der Waals surface area (Å²) in [5, 5.41) is 46.3. The maximum absolute atomic E-state index is 10.7. The fraction of sp³-hybridized carbons (Fsp3) is 0.380. The minimum atomic E-state index is -1.60. The Labute approximate surface area is 395 Å². The number of aliphatic hydroxyl groups is 3. The first kappa shape index (κ1) is 51.0. The third-order valence-electron chi connectivity index (χ3n) is 12.7. The molecule has 2 aliphatic heterocycles. The number of carbonyl (C=O) groups is 1. The maximum atomic E-state index is 10.7. The number of aromatic nitrogens is 6. The number of nitrogen functional groups attached to an aromatic ring is 2. The number of fused-ring (bicyclic) bond motifs is 2. The Bertz CT molecular complexity index is 2720. The van der Waals surface area contributed by atoms with Gasteiger partial charge in [0, 0.05) is 6.92 Å². The van der Waals surface area contributed by atoms with Crippen molar-refractivity contribution in [3.8, 4) is 0 Å². The predicted molar refractivity (Wildman–Crippen MR) is 254 cm³/mol. The molecule has 3 aromatic carbocycles. The van der Waals surface area contributed by atoms with Crippen molar-refractivity contribution in [2.24, 2.45) is 0 Å². The van der Waals surface area contributed by atoms with Gasteiger partial charge < -0.3 is 55.6 Å². The van der Waals surface area contributed by atoms with Crippen LogP contribution in [0, 0.1) is 0 Å². The zero-order valence-corrected chi connectivity index (χ0v) is 38.0. The van der Waals surface area contributed by atoms with Gasteiger partial charge >= 0.3 is 0 Å². The molecule has 8 N–H and O–H groups in total. The first-order chi connectivity index (χ1) is 32.0. The van der Waals surface area contributed by atoms with Crippen molar-refractivity contribution in [3.05, 3.63) is 156 Å². The summed E-state index contributed by atoms with van der Waals surface area (Å²) in [5.74, 6) is -0.138. The summed E-state index contributed by atoms with van der Waals surface area (Å²) in [6.07, 6.45) is -0.263. The van der Waals surface area contributed by atoms with E-state index in [-0.39, 0.29) is 7.43 Å². The lowest BCUT2D eigenvalue weighted by molar-refractivity contribution is -0.182. The van der Waals surface area contributed by atoms with Crippen LogP contribution >= 0.6 is 0 Å². The number of carboxylic acid groups (broad SMARTS) is 1. The second kappa shape index (κ2) is 21.3. The van der Waals surface area contributed by atoms with Crippen LogP contribution in [0.25, 0.3) is 11.0 Å². The van der Waals surface area contributed by atoms with E-state index in [1.807, 2.05) is 85.8 Å². The Morgan fingerprint density at radius 2 is 1.13 bits per heavy atom. The third kappa shape index (κ3) is 10.1. The molecule has 9 rings (SSSR count). The van der Waals surface area contributed by atoms with E-state index in [0.29, 0.717) is 54.8 Å². The molecule has 362 valence electrons. The van der Waals surface area contributed by atoms with Crippen LogP contribution in [-0.4, -0.2) is 104 Å². The summed E-state index contributed by atoms with van der Waals surface area (Å²) in [6, 6.07) is 37.7. The molecule has 2 aliphatic rings. The van der Waals surface area contributed by atoms with Crippen LogP contribution in [0.3, 0.4) is 0 Å². The van der Waals surface area contributed by atoms with Gasteiger partial charge in [0.1, 0.15) is 70.5 Å². The number of hydrogen-bond donors (Lipinski definition) is 6. The Hall–Kier alpha value is -6.35. The first-order valence-corrected chi connectivity index (χ1v) is 21.7. The van der Waals surface area contributed by atoms with Gasteiger partial charge in [0.05, 0.1) is 44.4 Å². The summed E-state index contributed by atoms with van der Waals surface area (Å²) in [5.41, 5.74) is 13.0. The number of aliphatic hydroxyl groups excluding tert-OH is 2. The molecule has 0 saturated carbocycles. The van der Waals surface area contributed by atoms with Crippen LogP contribution < -0.4 is 11.5 Å². The first-order valence-electron chi connectivity index (χ1n) is 21.7. The number of anilines is 2. The van der Waals surface area contributed by atoms with Crippen LogP contribution in [-0.2, 0) is 59.5 Å². The van der Waals surface area contributed by atoms with Crippen LogP contribution in [0.2, 0.25) is 0 Å². The zero-order chi connectivity index (χ0) is 48.0. The Kier molecular flexibility index (Phi) is 16.0. The average Bonchev–Trinajstić information content (AvgIpc) is 4.06. The van der Waals surface area contributed by atoms with Gasteiger partial charge in [-0.1, -0.05) is 98.4 Å². The molecule has 2 saturated heterocycles. The monoisotopic (exact) mass is 934 g/mol. The molecule has 6 heterocycles. The standard InChI is InChI=1S/C34H36N4O4.C13H18N4O4.C2H4O2.CH4/c1-33(30-19-18-28-32(35)36-24-37-38(28)30)34(2,41-22-27-16-10-5-11-17-27)31(40-21-26-14-8-4-9-15-26)29(42-33)23-39-20-25-12-6-3-7-13-25;1-12(20)10(19)8(5-18)21-13(12,2)9-4-3-7-11(14)15-6-16-17(7)9;1-2(3)4;/h3-19,24,29,31H,20-23H2,1-2H3,(H2,35,36,37);3-4,6,8,10,18-20H,5H2,1-2H3,(H2,14,15,16);1H3,(H,3,4);1H4/t29-,31-,33+,34-;8-,10-,12-,13+;;/m11../s1. The normalized spacial score (nSPS) is 26.4. The van der Waals surface area contributed by atoms with E-state index in [2.05, 4.69) is 51.4 Å². The maximum Gasteiger partial charge on any atom is 0.300 e. The molecule has 68 heavy (non-hydrogen) atoms. The van der Waals surface area contributed by atoms with Crippen LogP contribution in [0.4, 0.5) is 11.6 Å². The molecule has 0 amide bonds. The van der Waals surface area contributed by atoms with Crippen molar-refractivity contribution in [2.75, 3.05) is 24.7 Å². The minimum Gasteiger partial charge on any atom is -0.481 e. The van der Waals surface area contributed by atoms with E-state index in [0.717, 1.165) is 29.3 Å². The van der Waals surface area contributed by atoms with Crippen molar-refractivity contribution in [2.45, 2.75) is 109 Å². The second-order valence-corrected chi connectivity index (χ2v) is 17.1. The van der Waals surface area contributed by atoms with E-state index in [4.69, 9.17) is 45.1 Å². The van der Waals surface area contributed by atoms with Crippen molar-refractivity contribution in [1.82, 2.24) is 29.2 Å². The molecule has 18 nitrogen and oxygen atoms in total. The Morgan fingerprint density at radius 1 is 0.691 bits per heavy atom. The van der Waals surface area contributed by atoms with E-state index < -0.39 is 59.4 Å². The van der Waals surface area contributed by atoms with E-state index >= 15 is 0 Å². The molecule has 0 unspecified atom stereocenters. The number of aliphatic carboxylic acids is 1. The molecule has 0 spiro atoms. The van der Waals surface area contributed by atoms with Gasteiger partial charge in [-0.25, -0.2) is 19.0 Å². The van der Waals surface area contributed by atoms with Crippen LogP contribution in [0.15, 0.2) is 128 Å². The van der Waals surface area contributed by atoms with E-state index in [9.17, 15) is 15.3 Å². The summed E-state index contributed by atoms with van der Waals surface area (Å²) >= 11 is 0. The molecule has 4 aromatic heterocycles. The largest absolute Gasteiger partial charge is 0.481 e. The number of carboxylic acids is 1. The summed E-state index contributed by atoms with van der Waals surface area (Å²) in [4.78, 5) is 17.1. The average molecular weight is 935 g/mol. The van der Waals surface area contributed by atoms with Gasteiger partial charge in [-0.15, -0.1) is 0 Å². The third-order valence-corrected chi connectivity index (χ3v) is 12.7. The van der Waals surface area contributed by atoms with E-state index in [1.54, 1.807) is 23.6 Å². The fourth-order valence-corrected chi connectivity index (χ4v) is 8.68. The number of nitrogens with zero attached hydrogens (tertiary/aromatic N) is 6. The highest BCUT2D eigenvalue weighted by Gasteiger charge is 2.65. The molecule has 0 radical (unpaired) electrons. The Balaban J connectivity index is 0.000000244. The summed E-state index contributed by atoms with van der Waals surface area (Å²) in [7, 11) is 0. The van der Waals surface area contributed by atoms with Gasteiger partial charge in [0.15, 0.2) is 11.6 Å². The predicted octanol–water partition coefficient (Wildman–Crippen LogP) is 5.46. The van der Waals surface area contributed by atoms with Gasteiger partial charge in [-0.05, 0) is 68.7 Å². The molecule has 0 bridgehead atoms. The zero-order valence-electron chi connectivity index (χ0n) is 38.0. The van der Waals surface area contributed by atoms with Crippen LogP contribution in [0.1, 0.15) is 70.1 Å². The lowest BCUT2D eigenvalue weighted by Crippen LogP contribution is -2.54. The molecular weight excluding hydrogens is 873 g/mol. The number of rotatable bonds is 13. The molecule has 18 heteroatoms. The molecular formula is C50H62N8O10. The lowest BCUT2D eigenvalue weighted by atomic mass is 9.80. The van der Waals surface area contributed by atoms with Crippen molar-refractivity contribution < 1.29 is 48.9 Å². The van der Waals surface area contributed by atoms with Crippen molar-refractivity contribution in [1.29, 1.82) is 0 Å². The molecule has 7 aromatic rings. The summed E-state index contributed by atoms with van der Waals surface area (Å²) < 4.78 is 35.9.